The van der Waals surface area contributed by atoms with Gasteiger partial charge in [0.2, 0.25) is 5.91 Å². The summed E-state index contributed by atoms with van der Waals surface area (Å²) in [7, 11) is 0. The quantitative estimate of drug-likeness (QED) is 0.570. The first kappa shape index (κ1) is 18.4. The lowest BCUT2D eigenvalue weighted by Crippen LogP contribution is -2.50. The molecular weight excluding hydrogens is 308 g/mol. The first-order valence-corrected chi connectivity index (χ1v) is 8.47. The maximum atomic E-state index is 12.9. The lowest BCUT2D eigenvalue weighted by atomic mass is 9.77. The molecule has 2 rings (SSSR count). The third-order valence-electron chi connectivity index (χ3n) is 4.88. The second-order valence-corrected chi connectivity index (χ2v) is 6.49. The largest absolute Gasteiger partial charge is 0.480 e. The van der Waals surface area contributed by atoms with Crippen molar-refractivity contribution in [3.8, 4) is 0 Å². The first-order valence-electron chi connectivity index (χ1n) is 8.47. The molecule has 1 aromatic rings. The van der Waals surface area contributed by atoms with Crippen LogP contribution in [-0.2, 0) is 15.0 Å². The van der Waals surface area contributed by atoms with E-state index in [2.05, 4.69) is 5.32 Å². The van der Waals surface area contributed by atoms with E-state index in [-0.39, 0.29) is 25.3 Å². The first-order chi connectivity index (χ1) is 11.5. The van der Waals surface area contributed by atoms with Crippen LogP contribution in [-0.4, -0.2) is 40.8 Å². The van der Waals surface area contributed by atoms with Crippen molar-refractivity contribution in [2.75, 3.05) is 6.54 Å². The van der Waals surface area contributed by atoms with E-state index in [9.17, 15) is 19.8 Å². The molecule has 1 aromatic carbocycles. The number of carboxylic acids is 1. The molecule has 0 bridgehead atoms. The minimum Gasteiger partial charge on any atom is -0.480 e. The van der Waals surface area contributed by atoms with E-state index < -0.39 is 23.5 Å². The van der Waals surface area contributed by atoms with Crippen LogP contribution in [0.3, 0.4) is 0 Å². The number of rotatable bonds is 8. The number of aliphatic hydroxyl groups excluding tert-OH is 1. The molecule has 132 valence electrons. The number of aliphatic carboxylic acids is 1. The smallest absolute Gasteiger partial charge is 0.326 e. The van der Waals surface area contributed by atoms with Crippen molar-refractivity contribution < 1.29 is 19.8 Å². The van der Waals surface area contributed by atoms with Crippen LogP contribution in [0, 0.1) is 0 Å². The van der Waals surface area contributed by atoms with Gasteiger partial charge in [0, 0.05) is 6.54 Å². The number of nitrogens with one attached hydrogen (secondary N) is 1. The monoisotopic (exact) mass is 334 g/mol. The Kier molecular flexibility index (Phi) is 6.34. The van der Waals surface area contributed by atoms with Gasteiger partial charge in [0.25, 0.3) is 0 Å². The maximum absolute atomic E-state index is 12.9. The van der Waals surface area contributed by atoms with Gasteiger partial charge in [-0.15, -0.1) is 0 Å². The molecule has 0 radical (unpaired) electrons. The topological polar surface area (TPSA) is 113 Å². The van der Waals surface area contributed by atoms with E-state index in [1.54, 1.807) is 0 Å². The Morgan fingerprint density at radius 1 is 1.17 bits per heavy atom. The summed E-state index contributed by atoms with van der Waals surface area (Å²) < 4.78 is 0. The van der Waals surface area contributed by atoms with E-state index in [1.807, 2.05) is 30.3 Å². The molecule has 6 nitrogen and oxygen atoms in total. The standard InChI is InChI=1S/C18H26N2O4/c19-12-14(21)8-9-15(16(22)23)20-17(24)18(10-4-5-11-18)13-6-2-1-3-7-13/h1-3,6-7,14-15,21H,4-5,8-12,19H2,(H,20,24)(H,22,23)/t14?,15-/m0/s1. The fourth-order valence-corrected chi connectivity index (χ4v) is 3.41. The van der Waals surface area contributed by atoms with E-state index in [1.165, 1.54) is 0 Å². The molecular formula is C18H26N2O4. The predicted octanol–water partition coefficient (Wildman–Crippen LogP) is 1.17. The van der Waals surface area contributed by atoms with Gasteiger partial charge >= 0.3 is 5.97 Å². The molecule has 0 spiro atoms. The number of hydrogen-bond donors (Lipinski definition) is 4. The van der Waals surface area contributed by atoms with Crippen LogP contribution in [0.1, 0.15) is 44.1 Å². The molecule has 1 fully saturated rings. The van der Waals surface area contributed by atoms with Crippen molar-refractivity contribution in [2.45, 2.75) is 56.1 Å². The summed E-state index contributed by atoms with van der Waals surface area (Å²) in [5.74, 6) is -1.32. The molecule has 0 heterocycles. The summed E-state index contributed by atoms with van der Waals surface area (Å²) >= 11 is 0. The number of carboxylic acid groups (broad SMARTS) is 1. The molecule has 1 aliphatic rings. The average molecular weight is 334 g/mol. The van der Waals surface area contributed by atoms with Crippen LogP contribution in [0.5, 0.6) is 0 Å². The molecule has 0 saturated heterocycles. The maximum Gasteiger partial charge on any atom is 0.326 e. The minimum absolute atomic E-state index is 0.0776. The summed E-state index contributed by atoms with van der Waals surface area (Å²) in [6, 6.07) is 8.54. The average Bonchev–Trinajstić information content (AvgIpc) is 3.09. The van der Waals surface area contributed by atoms with Crippen molar-refractivity contribution in [3.63, 3.8) is 0 Å². The number of benzene rings is 1. The zero-order valence-corrected chi connectivity index (χ0v) is 13.8. The molecule has 0 aliphatic heterocycles. The Hall–Kier alpha value is -1.92. The molecule has 1 amide bonds. The molecule has 1 saturated carbocycles. The van der Waals surface area contributed by atoms with Crippen LogP contribution in [0.15, 0.2) is 30.3 Å². The highest BCUT2D eigenvalue weighted by molar-refractivity contribution is 5.91. The van der Waals surface area contributed by atoms with Crippen LogP contribution in [0.4, 0.5) is 0 Å². The van der Waals surface area contributed by atoms with Crippen LogP contribution < -0.4 is 11.1 Å². The van der Waals surface area contributed by atoms with E-state index in [4.69, 9.17) is 5.73 Å². The Balaban J connectivity index is 2.13. The van der Waals surface area contributed by atoms with E-state index >= 15 is 0 Å². The van der Waals surface area contributed by atoms with Gasteiger partial charge < -0.3 is 21.3 Å². The number of carbonyl (C=O) groups is 2. The summed E-state index contributed by atoms with van der Waals surface area (Å²) in [5, 5.41) is 21.6. The molecule has 5 N–H and O–H groups in total. The SMILES string of the molecule is NCC(O)CC[C@H](NC(=O)C1(c2ccccc2)CCCC1)C(=O)O. The van der Waals surface area contributed by atoms with Crippen molar-refractivity contribution in [2.24, 2.45) is 5.73 Å². The van der Waals surface area contributed by atoms with Gasteiger partial charge in [0.15, 0.2) is 0 Å². The second kappa shape index (κ2) is 8.26. The van der Waals surface area contributed by atoms with Crippen molar-refractivity contribution in [1.29, 1.82) is 0 Å². The highest BCUT2D eigenvalue weighted by atomic mass is 16.4. The molecule has 1 aliphatic carbocycles. The zero-order valence-electron chi connectivity index (χ0n) is 13.8. The Bertz CT molecular complexity index is 555. The van der Waals surface area contributed by atoms with Crippen LogP contribution in [0.2, 0.25) is 0 Å². The zero-order chi connectivity index (χ0) is 17.6. The number of nitrogens with two attached hydrogens (primary N) is 1. The highest BCUT2D eigenvalue weighted by Gasteiger charge is 2.43. The van der Waals surface area contributed by atoms with Gasteiger partial charge in [-0.1, -0.05) is 43.2 Å². The van der Waals surface area contributed by atoms with Gasteiger partial charge in [-0.2, -0.15) is 0 Å². The number of amides is 1. The summed E-state index contributed by atoms with van der Waals surface area (Å²) in [4.78, 5) is 24.4. The lowest BCUT2D eigenvalue weighted by Gasteiger charge is -2.30. The van der Waals surface area contributed by atoms with Crippen LogP contribution >= 0.6 is 0 Å². The third kappa shape index (κ3) is 4.13. The predicted molar refractivity (Wildman–Crippen MR) is 90.4 cm³/mol. The second-order valence-electron chi connectivity index (χ2n) is 6.49. The number of aliphatic hydroxyl groups is 1. The van der Waals surface area contributed by atoms with Gasteiger partial charge in [-0.25, -0.2) is 4.79 Å². The lowest BCUT2D eigenvalue weighted by molar-refractivity contribution is -0.143. The van der Waals surface area contributed by atoms with Crippen molar-refractivity contribution in [1.82, 2.24) is 5.32 Å². The van der Waals surface area contributed by atoms with E-state index in [0.29, 0.717) is 0 Å². The van der Waals surface area contributed by atoms with Crippen molar-refractivity contribution in [3.05, 3.63) is 35.9 Å². The van der Waals surface area contributed by atoms with Crippen molar-refractivity contribution >= 4 is 11.9 Å². The number of carbonyl (C=O) groups excluding carboxylic acids is 1. The molecule has 1 unspecified atom stereocenters. The Labute approximate surface area is 142 Å². The molecule has 6 heteroatoms. The number of hydrogen-bond acceptors (Lipinski definition) is 4. The molecule has 2 atom stereocenters. The summed E-state index contributed by atoms with van der Waals surface area (Å²) in [6.07, 6.45) is 2.99. The van der Waals surface area contributed by atoms with E-state index in [0.717, 1.165) is 31.2 Å². The van der Waals surface area contributed by atoms with Gasteiger partial charge in [-0.05, 0) is 31.2 Å². The van der Waals surface area contributed by atoms with Gasteiger partial charge in [-0.3, -0.25) is 4.79 Å². The fourth-order valence-electron chi connectivity index (χ4n) is 3.41. The highest BCUT2D eigenvalue weighted by Crippen LogP contribution is 2.41. The van der Waals surface area contributed by atoms with Crippen LogP contribution in [0.25, 0.3) is 0 Å². The normalized spacial score (nSPS) is 18.8. The molecule has 24 heavy (non-hydrogen) atoms. The fraction of sp³-hybridized carbons (Fsp3) is 0.556. The summed E-state index contributed by atoms with van der Waals surface area (Å²) in [6.45, 7) is 0.0776. The summed E-state index contributed by atoms with van der Waals surface area (Å²) in [5.41, 5.74) is 5.63. The Morgan fingerprint density at radius 2 is 1.79 bits per heavy atom. The Morgan fingerprint density at radius 3 is 2.33 bits per heavy atom. The third-order valence-corrected chi connectivity index (χ3v) is 4.88. The molecule has 0 aromatic heterocycles. The minimum atomic E-state index is -1.09. The van der Waals surface area contributed by atoms with Gasteiger partial charge in [0.05, 0.1) is 11.5 Å². The van der Waals surface area contributed by atoms with Gasteiger partial charge in [0.1, 0.15) is 6.04 Å².